The Kier molecular flexibility index (Phi) is 13.5. The summed E-state index contributed by atoms with van der Waals surface area (Å²) < 4.78 is 51.5. The molecule has 3 heterocycles. The first-order valence-corrected chi connectivity index (χ1v) is 25.3. The summed E-state index contributed by atoms with van der Waals surface area (Å²) in [5.74, 6) is -2.02. The molecule has 4 N–H and O–H groups in total. The molecular weight excluding hydrogens is 861 g/mol. The fourth-order valence-corrected chi connectivity index (χ4v) is 11.7. The predicted molar refractivity (Wildman–Crippen MR) is 235 cm³/mol. The molecule has 0 radical (unpaired) electrons. The van der Waals surface area contributed by atoms with Gasteiger partial charge in [0.1, 0.15) is 35.9 Å². The monoisotopic (exact) mass is 926 g/mol. The van der Waals surface area contributed by atoms with Crippen LogP contribution in [-0.4, -0.2) is 115 Å². The van der Waals surface area contributed by atoms with Gasteiger partial charge in [0.25, 0.3) is 5.91 Å². The molecule has 5 fully saturated rings. The highest BCUT2D eigenvalue weighted by atomic mass is 32.2. The van der Waals surface area contributed by atoms with Gasteiger partial charge in [-0.1, -0.05) is 53.4 Å². The van der Waals surface area contributed by atoms with E-state index in [1.807, 2.05) is 19.1 Å². The Morgan fingerprint density at radius 1 is 0.831 bits per heavy atom. The molecule has 0 bridgehead atoms. The largest absolute Gasteiger partial charge is 0.490 e. The van der Waals surface area contributed by atoms with Gasteiger partial charge in [-0.05, 0) is 98.3 Å². The van der Waals surface area contributed by atoms with Crippen molar-refractivity contribution >= 4 is 45.8 Å². The van der Waals surface area contributed by atoms with Gasteiger partial charge in [0.15, 0.2) is 11.5 Å². The minimum Gasteiger partial charge on any atom is -0.490 e. The van der Waals surface area contributed by atoms with Crippen LogP contribution in [0.4, 0.5) is 9.59 Å². The predicted octanol–water partition coefficient (Wildman–Crippen LogP) is 4.31. The van der Waals surface area contributed by atoms with E-state index in [9.17, 15) is 32.4 Å². The summed E-state index contributed by atoms with van der Waals surface area (Å²) in [5, 5.41) is 8.00. The van der Waals surface area contributed by atoms with Gasteiger partial charge in [-0.3, -0.25) is 28.8 Å². The van der Waals surface area contributed by atoms with Crippen molar-refractivity contribution in [2.45, 2.75) is 178 Å². The molecule has 19 heteroatoms. The zero-order valence-corrected chi connectivity index (χ0v) is 38.9. The second-order valence-electron chi connectivity index (χ2n) is 20.3. The molecule has 0 aromatic heterocycles. The third kappa shape index (κ3) is 10.4. The number of carbonyl (C=O) groups excluding carboxylic acids is 6. The van der Waals surface area contributed by atoms with Crippen LogP contribution in [-0.2, 0) is 51.8 Å². The van der Waals surface area contributed by atoms with Gasteiger partial charge in [0.2, 0.25) is 27.7 Å². The number of likely N-dealkylation sites (tertiary alicyclic amines) is 1. The summed E-state index contributed by atoms with van der Waals surface area (Å²) in [6, 6.07) is 0.293. The Labute approximate surface area is 381 Å². The van der Waals surface area contributed by atoms with Crippen LogP contribution in [0.1, 0.15) is 135 Å². The van der Waals surface area contributed by atoms with Crippen molar-refractivity contribution in [2.75, 3.05) is 19.8 Å². The SMILES string of the molecule is CC[C@H]1C[C@@]1(NC(=O)[C@@H]1C[C@@H](OC(=O)N2Cc3cc4c(cc3C2)OCCCO4)CN1C(=O)[C@@H](NC(=O)[C@@H](NC(=O)OC1CCCC1)C1CCCCC1)C(C)(C)C)C(=O)NS(=O)(=O)C1CC1. The van der Waals surface area contributed by atoms with Crippen molar-refractivity contribution in [3.8, 4) is 11.5 Å². The van der Waals surface area contributed by atoms with E-state index in [2.05, 4.69) is 20.7 Å². The Bertz CT molecular complexity index is 2100. The molecule has 1 aromatic carbocycles. The number of nitrogens with zero attached hydrogens (tertiary/aromatic N) is 2. The maximum atomic E-state index is 15.1. The molecule has 0 unspecified atom stereocenters. The Morgan fingerprint density at radius 2 is 1.46 bits per heavy atom. The lowest BCUT2D eigenvalue weighted by molar-refractivity contribution is -0.145. The molecule has 0 spiro atoms. The number of hydrogen-bond donors (Lipinski definition) is 4. The van der Waals surface area contributed by atoms with Crippen molar-refractivity contribution in [1.29, 1.82) is 0 Å². The summed E-state index contributed by atoms with van der Waals surface area (Å²) in [5.41, 5.74) is -0.678. The first kappa shape index (κ1) is 46.7. The topological polar surface area (TPSA) is 228 Å². The zero-order valence-electron chi connectivity index (χ0n) is 38.1. The summed E-state index contributed by atoms with van der Waals surface area (Å²) in [6.45, 7) is 8.51. The quantitative estimate of drug-likeness (QED) is 0.217. The lowest BCUT2D eigenvalue weighted by atomic mass is 9.82. The van der Waals surface area contributed by atoms with E-state index >= 15 is 4.79 Å². The highest BCUT2D eigenvalue weighted by Crippen LogP contribution is 2.47. The highest BCUT2D eigenvalue weighted by Gasteiger charge is 2.62. The second-order valence-corrected chi connectivity index (χ2v) is 22.3. The maximum Gasteiger partial charge on any atom is 0.410 e. The smallest absolute Gasteiger partial charge is 0.410 e. The van der Waals surface area contributed by atoms with Gasteiger partial charge < -0.3 is 39.8 Å². The number of fused-ring (bicyclic) bond motifs is 2. The molecule has 1 saturated heterocycles. The highest BCUT2D eigenvalue weighted by molar-refractivity contribution is 7.91. The minimum absolute atomic E-state index is 0.126. The number of benzene rings is 1. The molecule has 65 heavy (non-hydrogen) atoms. The molecule has 1 aromatic rings. The van der Waals surface area contributed by atoms with Crippen LogP contribution in [0.2, 0.25) is 0 Å². The average molecular weight is 927 g/mol. The molecule has 7 aliphatic rings. The van der Waals surface area contributed by atoms with Crippen LogP contribution in [0.25, 0.3) is 0 Å². The number of alkyl carbamates (subject to hydrolysis) is 1. The maximum absolute atomic E-state index is 15.1. The molecular formula is C46H66N6O12S. The molecule has 18 nitrogen and oxygen atoms in total. The summed E-state index contributed by atoms with van der Waals surface area (Å²) in [4.78, 5) is 87.8. The lowest BCUT2D eigenvalue weighted by Gasteiger charge is -2.37. The minimum atomic E-state index is -3.93. The van der Waals surface area contributed by atoms with Crippen LogP contribution in [0.15, 0.2) is 12.1 Å². The van der Waals surface area contributed by atoms with Gasteiger partial charge in [-0.25, -0.2) is 18.0 Å². The van der Waals surface area contributed by atoms with Crippen LogP contribution in [0.3, 0.4) is 0 Å². The number of rotatable bonds is 13. The molecule has 4 aliphatic carbocycles. The molecule has 358 valence electrons. The zero-order chi connectivity index (χ0) is 46.3. The van der Waals surface area contributed by atoms with Gasteiger partial charge in [-0.2, -0.15) is 0 Å². The first-order valence-electron chi connectivity index (χ1n) is 23.8. The lowest BCUT2D eigenvalue weighted by Crippen LogP contribution is -2.62. The number of nitrogens with one attached hydrogen (secondary N) is 4. The Morgan fingerprint density at radius 3 is 2.05 bits per heavy atom. The number of hydrogen-bond acceptors (Lipinski definition) is 12. The van der Waals surface area contributed by atoms with E-state index in [0.717, 1.165) is 62.5 Å². The molecule has 6 amide bonds. The Hall–Kier alpha value is -4.81. The fraction of sp³-hybridized carbons (Fsp3) is 0.739. The number of carbonyl (C=O) groups is 6. The van der Waals surface area contributed by atoms with E-state index in [1.54, 1.807) is 20.8 Å². The van der Waals surface area contributed by atoms with Gasteiger partial charge in [0.05, 0.1) is 25.0 Å². The Balaban J connectivity index is 1.02. The fourth-order valence-electron chi connectivity index (χ4n) is 10.3. The van der Waals surface area contributed by atoms with Crippen molar-refractivity contribution in [3.05, 3.63) is 23.3 Å². The van der Waals surface area contributed by atoms with Gasteiger partial charge in [-0.15, -0.1) is 0 Å². The molecule has 6 atom stereocenters. The average Bonchev–Trinajstić information content (AvgIpc) is 4.11. The van der Waals surface area contributed by atoms with E-state index in [0.29, 0.717) is 56.8 Å². The third-order valence-corrected chi connectivity index (χ3v) is 16.2. The summed E-state index contributed by atoms with van der Waals surface area (Å²) in [6.07, 6.45) is 7.35. The van der Waals surface area contributed by atoms with Crippen LogP contribution >= 0.6 is 0 Å². The van der Waals surface area contributed by atoms with Crippen molar-refractivity contribution in [2.24, 2.45) is 17.3 Å². The van der Waals surface area contributed by atoms with Crippen molar-refractivity contribution in [3.63, 3.8) is 0 Å². The van der Waals surface area contributed by atoms with Crippen LogP contribution in [0.5, 0.6) is 11.5 Å². The van der Waals surface area contributed by atoms with Crippen LogP contribution in [0, 0.1) is 17.3 Å². The van der Waals surface area contributed by atoms with E-state index in [4.69, 9.17) is 18.9 Å². The van der Waals surface area contributed by atoms with E-state index < -0.39 is 86.3 Å². The molecule has 4 saturated carbocycles. The van der Waals surface area contributed by atoms with Crippen LogP contribution < -0.4 is 30.1 Å². The third-order valence-electron chi connectivity index (χ3n) is 14.4. The first-order chi connectivity index (χ1) is 31.0. The van der Waals surface area contributed by atoms with E-state index in [-0.39, 0.29) is 50.4 Å². The molecule has 8 rings (SSSR count). The number of sulfonamides is 1. The normalized spacial score (nSPS) is 26.6. The number of amides is 6. The second kappa shape index (κ2) is 18.8. The van der Waals surface area contributed by atoms with Crippen molar-refractivity contribution < 1.29 is 56.1 Å². The standard InChI is InChI=1S/C46H66N6O12S/c1-5-30-23-46(30,42(56)50-65(59,60)33-16-17-33)49-39(53)34-22-32(64-44(58)51-24-28-20-35-36(21-29(28)25-51)62-19-11-18-61-35)26-52(34)41(55)38(45(2,3)4)48-40(54)37(27-12-7-6-8-13-27)47-43(57)63-31-14-9-10-15-31/h20-21,27,30-34,37-38H,5-19,22-26H2,1-4H3,(H,47,57)(H,48,54)(H,49,53)(H,50,56)/t30-,32+,34-,37-,38+,46-/m0/s1. The van der Waals surface area contributed by atoms with Gasteiger partial charge in [0, 0.05) is 25.9 Å². The van der Waals surface area contributed by atoms with Crippen molar-refractivity contribution in [1.82, 2.24) is 30.5 Å². The number of ether oxygens (including phenoxy) is 4. The summed E-state index contributed by atoms with van der Waals surface area (Å²) >= 11 is 0. The summed E-state index contributed by atoms with van der Waals surface area (Å²) in [7, 11) is -3.93. The van der Waals surface area contributed by atoms with E-state index in [1.165, 1.54) is 9.80 Å². The van der Waals surface area contributed by atoms with Gasteiger partial charge >= 0.3 is 12.2 Å². The molecule has 3 aliphatic heterocycles.